The van der Waals surface area contributed by atoms with E-state index >= 15 is 0 Å². The van der Waals surface area contributed by atoms with Crippen LogP contribution in [0.15, 0.2) is 12.4 Å². The van der Waals surface area contributed by atoms with Gasteiger partial charge in [-0.2, -0.15) is 5.10 Å². The molecule has 0 saturated carbocycles. The Kier molecular flexibility index (Phi) is 3.64. The van der Waals surface area contributed by atoms with E-state index in [1.807, 2.05) is 6.20 Å². The van der Waals surface area contributed by atoms with E-state index in [0.29, 0.717) is 6.04 Å². The average Bonchev–Trinajstić information content (AvgIpc) is 2.65. The number of aryl methyl sites for hydroxylation is 1. The van der Waals surface area contributed by atoms with Gasteiger partial charge in [0.05, 0.1) is 6.20 Å². The van der Waals surface area contributed by atoms with Gasteiger partial charge in [0.1, 0.15) is 0 Å². The van der Waals surface area contributed by atoms with Crippen molar-refractivity contribution in [3.8, 4) is 0 Å². The third kappa shape index (κ3) is 2.85. The molecule has 1 aliphatic heterocycles. The summed E-state index contributed by atoms with van der Waals surface area (Å²) in [7, 11) is 0. The molecule has 0 spiro atoms. The van der Waals surface area contributed by atoms with Gasteiger partial charge in [0, 0.05) is 18.8 Å². The third-order valence-corrected chi connectivity index (χ3v) is 3.59. The first-order valence-corrected chi connectivity index (χ1v) is 6.38. The fraction of sp³-hybridized carbons (Fsp3) is 0.769. The molecule has 1 aliphatic rings. The topological polar surface area (TPSA) is 21.1 Å². The Morgan fingerprint density at radius 3 is 2.56 bits per heavy atom. The van der Waals surface area contributed by atoms with Crippen molar-refractivity contribution >= 4 is 0 Å². The van der Waals surface area contributed by atoms with Gasteiger partial charge in [-0.05, 0) is 58.2 Å². The van der Waals surface area contributed by atoms with Gasteiger partial charge in [-0.3, -0.25) is 4.68 Å². The Morgan fingerprint density at radius 1 is 1.38 bits per heavy atom. The van der Waals surface area contributed by atoms with Crippen LogP contribution in [0.4, 0.5) is 0 Å². The maximum atomic E-state index is 4.37. The van der Waals surface area contributed by atoms with Crippen LogP contribution in [0.1, 0.15) is 32.3 Å². The molecule has 90 valence electrons. The predicted octanol–water partition coefficient (Wildman–Crippen LogP) is 2.31. The Bertz CT molecular complexity index is 322. The monoisotopic (exact) mass is 221 g/mol. The van der Waals surface area contributed by atoms with Crippen molar-refractivity contribution in [2.75, 3.05) is 13.1 Å². The van der Waals surface area contributed by atoms with Crippen molar-refractivity contribution in [3.05, 3.63) is 18.0 Å². The lowest BCUT2D eigenvalue weighted by atomic mass is 9.96. The molecule has 0 aromatic carbocycles. The minimum absolute atomic E-state index is 0.702. The van der Waals surface area contributed by atoms with E-state index in [9.17, 15) is 0 Å². The van der Waals surface area contributed by atoms with Gasteiger partial charge in [-0.15, -0.1) is 0 Å². The maximum Gasteiger partial charge on any atom is 0.0518 e. The molecule has 0 N–H and O–H groups in total. The number of hydrogen-bond donors (Lipinski definition) is 0. The van der Waals surface area contributed by atoms with E-state index in [0.717, 1.165) is 12.5 Å². The Morgan fingerprint density at radius 2 is 2.06 bits per heavy atom. The van der Waals surface area contributed by atoms with E-state index in [2.05, 4.69) is 41.6 Å². The lowest BCUT2D eigenvalue weighted by Crippen LogP contribution is -2.39. The highest BCUT2D eigenvalue weighted by molar-refractivity contribution is 4.99. The standard InChI is InChI=1S/C13H23N3/c1-11(2)15-6-4-13(5-7-15)10-16-9-12(3)8-14-16/h8-9,11,13H,4-7,10H2,1-3H3. The maximum absolute atomic E-state index is 4.37. The van der Waals surface area contributed by atoms with E-state index < -0.39 is 0 Å². The number of piperidine rings is 1. The van der Waals surface area contributed by atoms with E-state index in [1.54, 1.807) is 0 Å². The molecule has 0 aliphatic carbocycles. The van der Waals surface area contributed by atoms with Gasteiger partial charge < -0.3 is 4.90 Å². The quantitative estimate of drug-likeness (QED) is 0.781. The second-order valence-electron chi connectivity index (χ2n) is 5.31. The zero-order chi connectivity index (χ0) is 11.5. The van der Waals surface area contributed by atoms with Gasteiger partial charge >= 0.3 is 0 Å². The molecule has 16 heavy (non-hydrogen) atoms. The summed E-state index contributed by atoms with van der Waals surface area (Å²) in [5, 5.41) is 4.37. The fourth-order valence-corrected chi connectivity index (χ4v) is 2.48. The summed E-state index contributed by atoms with van der Waals surface area (Å²) in [5.74, 6) is 0.814. The van der Waals surface area contributed by atoms with Crippen LogP contribution in [-0.2, 0) is 6.54 Å². The zero-order valence-electron chi connectivity index (χ0n) is 10.7. The number of hydrogen-bond acceptors (Lipinski definition) is 2. The number of likely N-dealkylation sites (tertiary alicyclic amines) is 1. The molecule has 3 heteroatoms. The van der Waals surface area contributed by atoms with Gasteiger partial charge in [-0.1, -0.05) is 0 Å². The van der Waals surface area contributed by atoms with Gasteiger partial charge in [-0.25, -0.2) is 0 Å². The summed E-state index contributed by atoms with van der Waals surface area (Å²) in [4.78, 5) is 2.57. The summed E-state index contributed by atoms with van der Waals surface area (Å²) in [6, 6.07) is 0.702. The van der Waals surface area contributed by atoms with Crippen molar-refractivity contribution in [1.29, 1.82) is 0 Å². The summed E-state index contributed by atoms with van der Waals surface area (Å²) in [6.07, 6.45) is 6.73. The number of aromatic nitrogens is 2. The van der Waals surface area contributed by atoms with Crippen LogP contribution in [0.5, 0.6) is 0 Å². The van der Waals surface area contributed by atoms with Crippen molar-refractivity contribution in [2.24, 2.45) is 5.92 Å². The first kappa shape index (κ1) is 11.6. The molecule has 0 bridgehead atoms. The molecular weight excluding hydrogens is 198 g/mol. The summed E-state index contributed by atoms with van der Waals surface area (Å²) >= 11 is 0. The number of nitrogens with zero attached hydrogens (tertiary/aromatic N) is 3. The minimum Gasteiger partial charge on any atom is -0.301 e. The smallest absolute Gasteiger partial charge is 0.0518 e. The second-order valence-corrected chi connectivity index (χ2v) is 5.31. The van der Waals surface area contributed by atoms with Crippen LogP contribution in [0, 0.1) is 12.8 Å². The highest BCUT2D eigenvalue weighted by Gasteiger charge is 2.21. The summed E-state index contributed by atoms with van der Waals surface area (Å²) in [6.45, 7) is 10.3. The SMILES string of the molecule is Cc1cnn(CC2CCN(C(C)C)CC2)c1. The van der Waals surface area contributed by atoms with Gasteiger partial charge in [0.15, 0.2) is 0 Å². The Balaban J connectivity index is 1.81. The Hall–Kier alpha value is -0.830. The molecule has 1 fully saturated rings. The predicted molar refractivity (Wildman–Crippen MR) is 66.4 cm³/mol. The summed E-state index contributed by atoms with van der Waals surface area (Å²) < 4.78 is 2.10. The third-order valence-electron chi connectivity index (χ3n) is 3.59. The average molecular weight is 221 g/mol. The summed E-state index contributed by atoms with van der Waals surface area (Å²) in [5.41, 5.74) is 1.26. The van der Waals surface area contributed by atoms with Crippen molar-refractivity contribution in [1.82, 2.24) is 14.7 Å². The molecule has 2 rings (SSSR count). The molecule has 3 nitrogen and oxygen atoms in total. The first-order valence-electron chi connectivity index (χ1n) is 6.38. The molecule has 0 unspecified atom stereocenters. The van der Waals surface area contributed by atoms with Crippen LogP contribution in [0.2, 0.25) is 0 Å². The zero-order valence-corrected chi connectivity index (χ0v) is 10.7. The lowest BCUT2D eigenvalue weighted by Gasteiger charge is -2.34. The molecule has 0 amide bonds. The van der Waals surface area contributed by atoms with Crippen LogP contribution >= 0.6 is 0 Å². The molecule has 0 radical (unpaired) electrons. The first-order chi connectivity index (χ1) is 7.65. The normalized spacial score (nSPS) is 19.5. The number of rotatable bonds is 3. The highest BCUT2D eigenvalue weighted by Crippen LogP contribution is 2.20. The van der Waals surface area contributed by atoms with E-state index in [1.165, 1.54) is 31.5 Å². The van der Waals surface area contributed by atoms with Crippen molar-refractivity contribution < 1.29 is 0 Å². The molecule has 1 aromatic rings. The van der Waals surface area contributed by atoms with Crippen molar-refractivity contribution in [3.63, 3.8) is 0 Å². The largest absolute Gasteiger partial charge is 0.301 e. The molecule has 0 atom stereocenters. The lowest BCUT2D eigenvalue weighted by molar-refractivity contribution is 0.140. The Labute approximate surface area is 98.4 Å². The molecule has 1 saturated heterocycles. The van der Waals surface area contributed by atoms with E-state index in [-0.39, 0.29) is 0 Å². The molecule has 2 heterocycles. The van der Waals surface area contributed by atoms with Gasteiger partial charge in [0.2, 0.25) is 0 Å². The van der Waals surface area contributed by atoms with Crippen LogP contribution in [0.25, 0.3) is 0 Å². The highest BCUT2D eigenvalue weighted by atomic mass is 15.3. The molecular formula is C13H23N3. The van der Waals surface area contributed by atoms with Crippen LogP contribution in [0.3, 0.4) is 0 Å². The van der Waals surface area contributed by atoms with Crippen LogP contribution in [-0.4, -0.2) is 33.8 Å². The molecule has 1 aromatic heterocycles. The van der Waals surface area contributed by atoms with Crippen molar-refractivity contribution in [2.45, 2.75) is 46.2 Å². The van der Waals surface area contributed by atoms with Crippen LogP contribution < -0.4 is 0 Å². The van der Waals surface area contributed by atoms with Gasteiger partial charge in [0.25, 0.3) is 0 Å². The fourth-order valence-electron chi connectivity index (χ4n) is 2.48. The minimum atomic E-state index is 0.702. The van der Waals surface area contributed by atoms with E-state index in [4.69, 9.17) is 0 Å². The second kappa shape index (κ2) is 5.00.